The number of hydrogen-bond donors (Lipinski definition) is 0. The summed E-state index contributed by atoms with van der Waals surface area (Å²) in [4.78, 5) is 22.8. The zero-order valence-electron chi connectivity index (χ0n) is 13.6. The third-order valence-electron chi connectivity index (χ3n) is 3.88. The van der Waals surface area contributed by atoms with Crippen LogP contribution in [0.1, 0.15) is 32.4 Å². The van der Waals surface area contributed by atoms with Crippen molar-refractivity contribution < 1.29 is 22.7 Å². The standard InChI is InChI=1S/C16H16F3N3O2S/c1-9-14(25-10(2)21-9)15(23)22-6-4-12(8-22)24-13-7-11(3-5-20-13)16(17,18)19/h3,5,7,12H,4,6,8H2,1-2H3. The van der Waals surface area contributed by atoms with E-state index in [1.54, 1.807) is 11.8 Å². The van der Waals surface area contributed by atoms with Gasteiger partial charge >= 0.3 is 6.18 Å². The zero-order valence-corrected chi connectivity index (χ0v) is 14.4. The molecule has 0 aromatic carbocycles. The van der Waals surface area contributed by atoms with E-state index in [0.717, 1.165) is 23.3 Å². The van der Waals surface area contributed by atoms with Crippen molar-refractivity contribution in [3.05, 3.63) is 39.5 Å². The molecule has 1 aliphatic heterocycles. The molecule has 1 atom stereocenters. The molecule has 134 valence electrons. The first kappa shape index (κ1) is 17.7. The second-order valence-electron chi connectivity index (χ2n) is 5.81. The van der Waals surface area contributed by atoms with E-state index in [1.807, 2.05) is 6.92 Å². The molecule has 0 bridgehead atoms. The van der Waals surface area contributed by atoms with E-state index in [4.69, 9.17) is 4.74 Å². The van der Waals surface area contributed by atoms with E-state index in [0.29, 0.717) is 30.1 Å². The highest BCUT2D eigenvalue weighted by Gasteiger charge is 2.33. The van der Waals surface area contributed by atoms with Crippen LogP contribution in [0.5, 0.6) is 5.88 Å². The largest absolute Gasteiger partial charge is 0.472 e. The number of thiazole rings is 1. The van der Waals surface area contributed by atoms with Crippen molar-refractivity contribution in [2.24, 2.45) is 0 Å². The van der Waals surface area contributed by atoms with Crippen molar-refractivity contribution in [3.63, 3.8) is 0 Å². The average molecular weight is 371 g/mol. The maximum absolute atomic E-state index is 12.7. The van der Waals surface area contributed by atoms with Gasteiger partial charge in [0.25, 0.3) is 5.91 Å². The Labute approximate surface area is 146 Å². The molecule has 1 saturated heterocycles. The Bertz CT molecular complexity index is 791. The van der Waals surface area contributed by atoms with Gasteiger partial charge in [-0.3, -0.25) is 4.79 Å². The lowest BCUT2D eigenvalue weighted by molar-refractivity contribution is -0.137. The van der Waals surface area contributed by atoms with Crippen LogP contribution in [0, 0.1) is 13.8 Å². The number of nitrogens with zero attached hydrogens (tertiary/aromatic N) is 3. The van der Waals surface area contributed by atoms with Gasteiger partial charge in [0.15, 0.2) is 0 Å². The minimum atomic E-state index is -4.44. The lowest BCUT2D eigenvalue weighted by Crippen LogP contribution is -2.31. The number of alkyl halides is 3. The number of likely N-dealkylation sites (tertiary alicyclic amines) is 1. The SMILES string of the molecule is Cc1nc(C)c(C(=O)N2CCC(Oc3cc(C(F)(F)F)ccn3)C2)s1. The molecule has 0 saturated carbocycles. The number of amides is 1. The molecule has 2 aromatic heterocycles. The smallest absolute Gasteiger partial charge is 0.416 e. The van der Waals surface area contributed by atoms with Gasteiger partial charge in [-0.05, 0) is 19.9 Å². The number of halogens is 3. The van der Waals surface area contributed by atoms with E-state index in [2.05, 4.69) is 9.97 Å². The van der Waals surface area contributed by atoms with Crippen LogP contribution in [-0.4, -0.2) is 40.0 Å². The number of ether oxygens (including phenoxy) is 1. The highest BCUT2D eigenvalue weighted by molar-refractivity contribution is 7.13. The van der Waals surface area contributed by atoms with Crippen LogP contribution in [0.3, 0.4) is 0 Å². The molecule has 1 unspecified atom stereocenters. The van der Waals surface area contributed by atoms with Gasteiger partial charge in [-0.25, -0.2) is 9.97 Å². The Morgan fingerprint density at radius 3 is 2.80 bits per heavy atom. The quantitative estimate of drug-likeness (QED) is 0.829. The molecule has 0 radical (unpaired) electrons. The number of rotatable bonds is 3. The second-order valence-corrected chi connectivity index (χ2v) is 7.01. The summed E-state index contributed by atoms with van der Waals surface area (Å²) >= 11 is 1.34. The molecule has 1 aliphatic rings. The van der Waals surface area contributed by atoms with Gasteiger partial charge in [-0.15, -0.1) is 11.3 Å². The Balaban J connectivity index is 1.66. The summed E-state index contributed by atoms with van der Waals surface area (Å²) < 4.78 is 43.8. The summed E-state index contributed by atoms with van der Waals surface area (Å²) in [7, 11) is 0. The van der Waals surface area contributed by atoms with Gasteiger partial charge < -0.3 is 9.64 Å². The minimum Gasteiger partial charge on any atom is -0.472 e. The zero-order chi connectivity index (χ0) is 18.2. The maximum Gasteiger partial charge on any atom is 0.416 e. The summed E-state index contributed by atoms with van der Waals surface area (Å²) in [6.07, 6.45) is -3.21. The van der Waals surface area contributed by atoms with Gasteiger partial charge in [-0.2, -0.15) is 13.2 Å². The molecular weight excluding hydrogens is 355 g/mol. The summed E-state index contributed by atoms with van der Waals surface area (Å²) in [6, 6.07) is 1.77. The highest BCUT2D eigenvalue weighted by Crippen LogP contribution is 2.31. The Kier molecular flexibility index (Phi) is 4.68. The van der Waals surface area contributed by atoms with Gasteiger partial charge in [-0.1, -0.05) is 0 Å². The molecule has 9 heteroatoms. The molecule has 3 rings (SSSR count). The fourth-order valence-electron chi connectivity index (χ4n) is 2.70. The molecule has 1 amide bonds. The monoisotopic (exact) mass is 371 g/mol. The van der Waals surface area contributed by atoms with Crippen molar-refractivity contribution in [3.8, 4) is 5.88 Å². The van der Waals surface area contributed by atoms with E-state index in [1.165, 1.54) is 11.3 Å². The van der Waals surface area contributed by atoms with Crippen molar-refractivity contribution in [2.45, 2.75) is 32.5 Å². The maximum atomic E-state index is 12.7. The van der Waals surface area contributed by atoms with E-state index in [9.17, 15) is 18.0 Å². The summed E-state index contributed by atoms with van der Waals surface area (Å²) in [5, 5.41) is 0.820. The number of hydrogen-bond acceptors (Lipinski definition) is 5. The fraction of sp³-hybridized carbons (Fsp3) is 0.438. The van der Waals surface area contributed by atoms with Gasteiger partial charge in [0.05, 0.1) is 22.8 Å². The molecular formula is C16H16F3N3O2S. The summed E-state index contributed by atoms with van der Waals surface area (Å²) in [5.74, 6) is -0.204. The van der Waals surface area contributed by atoms with Crippen LogP contribution in [0.4, 0.5) is 13.2 Å². The second kappa shape index (κ2) is 6.62. The van der Waals surface area contributed by atoms with E-state index >= 15 is 0 Å². The predicted octanol–water partition coefficient (Wildman–Crippen LogP) is 3.47. The van der Waals surface area contributed by atoms with Crippen LogP contribution >= 0.6 is 11.3 Å². The van der Waals surface area contributed by atoms with Crippen molar-refractivity contribution in [2.75, 3.05) is 13.1 Å². The molecule has 25 heavy (non-hydrogen) atoms. The fourth-order valence-corrected chi connectivity index (χ4v) is 3.59. The first-order valence-electron chi connectivity index (χ1n) is 7.67. The molecule has 0 N–H and O–H groups in total. The van der Waals surface area contributed by atoms with E-state index in [-0.39, 0.29) is 17.9 Å². The van der Waals surface area contributed by atoms with Gasteiger partial charge in [0, 0.05) is 25.2 Å². The van der Waals surface area contributed by atoms with Crippen molar-refractivity contribution >= 4 is 17.2 Å². The Morgan fingerprint density at radius 1 is 1.40 bits per heavy atom. The lowest BCUT2D eigenvalue weighted by atomic mass is 10.2. The molecule has 0 spiro atoms. The minimum absolute atomic E-state index is 0.0843. The van der Waals surface area contributed by atoms with Crippen molar-refractivity contribution in [1.29, 1.82) is 0 Å². The third kappa shape index (κ3) is 3.92. The van der Waals surface area contributed by atoms with Crippen LogP contribution in [0.25, 0.3) is 0 Å². The number of pyridine rings is 1. The van der Waals surface area contributed by atoms with Crippen LogP contribution in [0.15, 0.2) is 18.3 Å². The topological polar surface area (TPSA) is 55.3 Å². The first-order valence-corrected chi connectivity index (χ1v) is 8.49. The first-order chi connectivity index (χ1) is 11.7. The molecule has 0 aliphatic carbocycles. The predicted molar refractivity (Wildman–Crippen MR) is 85.8 cm³/mol. The average Bonchev–Trinajstić information content (AvgIpc) is 3.12. The Morgan fingerprint density at radius 2 is 2.16 bits per heavy atom. The summed E-state index contributed by atoms with van der Waals surface area (Å²) in [6.45, 7) is 4.42. The van der Waals surface area contributed by atoms with Crippen molar-refractivity contribution in [1.82, 2.24) is 14.9 Å². The number of carbonyl (C=O) groups excluding carboxylic acids is 1. The third-order valence-corrected chi connectivity index (χ3v) is 4.94. The van der Waals surface area contributed by atoms with Crippen LogP contribution in [-0.2, 0) is 6.18 Å². The van der Waals surface area contributed by atoms with Gasteiger partial charge in [0.2, 0.25) is 5.88 Å². The van der Waals surface area contributed by atoms with Gasteiger partial charge in [0.1, 0.15) is 11.0 Å². The normalized spacial score (nSPS) is 17.8. The highest BCUT2D eigenvalue weighted by atomic mass is 32.1. The molecule has 5 nitrogen and oxygen atoms in total. The van der Waals surface area contributed by atoms with Crippen LogP contribution in [0.2, 0.25) is 0 Å². The lowest BCUT2D eigenvalue weighted by Gasteiger charge is -2.17. The number of aryl methyl sites for hydroxylation is 2. The Hall–Kier alpha value is -2.16. The van der Waals surface area contributed by atoms with Crippen LogP contribution < -0.4 is 4.74 Å². The number of aromatic nitrogens is 2. The summed E-state index contributed by atoms with van der Waals surface area (Å²) in [5.41, 5.74) is -0.115. The molecule has 3 heterocycles. The van der Waals surface area contributed by atoms with E-state index < -0.39 is 11.7 Å². The number of carbonyl (C=O) groups is 1. The molecule has 2 aromatic rings. The molecule has 1 fully saturated rings.